The predicted molar refractivity (Wildman–Crippen MR) is 59.4 cm³/mol. The fourth-order valence-electron chi connectivity index (χ4n) is 0.921. The van der Waals surface area contributed by atoms with Gasteiger partial charge in [0.2, 0.25) is 0 Å². The normalized spacial score (nSPS) is 9.69. The van der Waals surface area contributed by atoms with E-state index in [0.717, 1.165) is 5.56 Å². The standard InChI is InChI=1S/C9H11NOS2/c1-13-8-4-2-7(3-5-8)6-10-9(11)12/h2-5H,6H2,1H3,(H2,10,11,12). The number of hydrogen-bond donors (Lipinski definition) is 2. The number of amides is 1. The number of hydrogen-bond acceptors (Lipinski definition) is 2. The Morgan fingerprint density at radius 2 is 2.08 bits per heavy atom. The molecule has 0 aliphatic carbocycles. The molecule has 1 aromatic carbocycles. The Labute approximate surface area is 87.5 Å². The molecule has 0 aliphatic rings. The van der Waals surface area contributed by atoms with E-state index >= 15 is 0 Å². The van der Waals surface area contributed by atoms with Gasteiger partial charge in [-0.15, -0.1) is 11.8 Å². The number of rotatable bonds is 3. The van der Waals surface area contributed by atoms with Crippen LogP contribution in [0.4, 0.5) is 4.79 Å². The van der Waals surface area contributed by atoms with Crippen LogP contribution in [0.25, 0.3) is 0 Å². The number of thiol groups is 1. The first-order valence-corrected chi connectivity index (χ1v) is 5.49. The first kappa shape index (κ1) is 10.5. The highest BCUT2D eigenvalue weighted by Gasteiger charge is 1.95. The molecule has 1 N–H and O–H groups in total. The van der Waals surface area contributed by atoms with Crippen molar-refractivity contribution >= 4 is 29.6 Å². The van der Waals surface area contributed by atoms with E-state index in [1.54, 1.807) is 11.8 Å². The SMILES string of the molecule is CSc1ccc(CNC(=O)S)cc1. The molecular weight excluding hydrogens is 202 g/mol. The van der Waals surface area contributed by atoms with Gasteiger partial charge >= 0.3 is 0 Å². The summed E-state index contributed by atoms with van der Waals surface area (Å²) in [5.41, 5.74) is 1.08. The van der Waals surface area contributed by atoms with Crippen molar-refractivity contribution in [3.8, 4) is 0 Å². The molecule has 0 aliphatic heterocycles. The van der Waals surface area contributed by atoms with Crippen molar-refractivity contribution in [2.75, 3.05) is 6.26 Å². The van der Waals surface area contributed by atoms with E-state index in [9.17, 15) is 4.79 Å². The Bertz CT molecular complexity index is 284. The van der Waals surface area contributed by atoms with Gasteiger partial charge in [0.15, 0.2) is 0 Å². The van der Waals surface area contributed by atoms with Gasteiger partial charge in [-0.05, 0) is 24.0 Å². The molecular formula is C9H11NOS2. The van der Waals surface area contributed by atoms with E-state index in [2.05, 4.69) is 17.9 Å². The maximum atomic E-state index is 10.5. The summed E-state index contributed by atoms with van der Waals surface area (Å²) in [5.74, 6) is 0. The molecule has 70 valence electrons. The van der Waals surface area contributed by atoms with Crippen molar-refractivity contribution in [1.29, 1.82) is 0 Å². The van der Waals surface area contributed by atoms with Crippen LogP contribution in [0, 0.1) is 0 Å². The average molecular weight is 213 g/mol. The van der Waals surface area contributed by atoms with Gasteiger partial charge in [-0.2, -0.15) is 0 Å². The van der Waals surface area contributed by atoms with Crippen molar-refractivity contribution in [3.63, 3.8) is 0 Å². The summed E-state index contributed by atoms with van der Waals surface area (Å²) >= 11 is 5.31. The zero-order valence-corrected chi connectivity index (χ0v) is 8.99. The highest BCUT2D eigenvalue weighted by atomic mass is 32.2. The first-order valence-electron chi connectivity index (χ1n) is 3.82. The van der Waals surface area contributed by atoms with Gasteiger partial charge in [-0.3, -0.25) is 4.79 Å². The zero-order chi connectivity index (χ0) is 9.68. The zero-order valence-electron chi connectivity index (χ0n) is 7.28. The van der Waals surface area contributed by atoms with Crippen LogP contribution in [-0.2, 0) is 6.54 Å². The van der Waals surface area contributed by atoms with E-state index in [1.165, 1.54) is 4.90 Å². The van der Waals surface area contributed by atoms with Gasteiger partial charge in [-0.25, -0.2) is 0 Å². The predicted octanol–water partition coefficient (Wildman–Crippen LogP) is 2.55. The summed E-state index contributed by atoms with van der Waals surface area (Å²) < 4.78 is 0. The van der Waals surface area contributed by atoms with E-state index < -0.39 is 0 Å². The fraction of sp³-hybridized carbons (Fsp3) is 0.222. The van der Waals surface area contributed by atoms with E-state index in [0.29, 0.717) is 6.54 Å². The van der Waals surface area contributed by atoms with Crippen molar-refractivity contribution in [2.24, 2.45) is 0 Å². The molecule has 0 radical (unpaired) electrons. The molecule has 0 saturated heterocycles. The minimum Gasteiger partial charge on any atom is -0.343 e. The van der Waals surface area contributed by atoms with Gasteiger partial charge in [0, 0.05) is 11.4 Å². The molecule has 0 spiro atoms. The van der Waals surface area contributed by atoms with Crippen LogP contribution in [-0.4, -0.2) is 11.5 Å². The lowest BCUT2D eigenvalue weighted by molar-refractivity contribution is 0.260. The summed E-state index contributed by atoms with van der Waals surface area (Å²) in [7, 11) is 0. The smallest absolute Gasteiger partial charge is 0.276 e. The molecule has 1 rings (SSSR count). The highest BCUT2D eigenvalue weighted by Crippen LogP contribution is 2.14. The lowest BCUT2D eigenvalue weighted by Gasteiger charge is -2.02. The van der Waals surface area contributed by atoms with Gasteiger partial charge in [0.05, 0.1) is 0 Å². The molecule has 0 atom stereocenters. The summed E-state index contributed by atoms with van der Waals surface area (Å²) in [5, 5.41) is 2.32. The molecule has 4 heteroatoms. The molecule has 1 amide bonds. The average Bonchev–Trinajstić information content (AvgIpc) is 2.15. The Hall–Kier alpha value is -0.610. The molecule has 0 fully saturated rings. The molecule has 0 heterocycles. The third-order valence-electron chi connectivity index (χ3n) is 1.60. The maximum Gasteiger partial charge on any atom is 0.276 e. The maximum absolute atomic E-state index is 10.5. The first-order chi connectivity index (χ1) is 6.22. The van der Waals surface area contributed by atoms with Gasteiger partial charge < -0.3 is 5.32 Å². The fourth-order valence-corrected chi connectivity index (χ4v) is 1.41. The molecule has 0 saturated carbocycles. The largest absolute Gasteiger partial charge is 0.343 e. The van der Waals surface area contributed by atoms with Crippen LogP contribution >= 0.6 is 24.4 Å². The number of carbonyl (C=O) groups is 1. The van der Waals surface area contributed by atoms with Crippen LogP contribution in [0.5, 0.6) is 0 Å². The molecule has 0 aromatic heterocycles. The third kappa shape index (κ3) is 3.74. The van der Waals surface area contributed by atoms with Crippen LogP contribution < -0.4 is 5.32 Å². The Morgan fingerprint density at radius 3 is 2.54 bits per heavy atom. The van der Waals surface area contributed by atoms with Gasteiger partial charge in [-0.1, -0.05) is 24.8 Å². The second-order valence-electron chi connectivity index (χ2n) is 2.51. The summed E-state index contributed by atoms with van der Waals surface area (Å²) in [6.07, 6.45) is 2.03. The second-order valence-corrected chi connectivity index (χ2v) is 3.79. The molecule has 13 heavy (non-hydrogen) atoms. The Balaban J connectivity index is 2.54. The van der Waals surface area contributed by atoms with Crippen molar-refractivity contribution in [1.82, 2.24) is 5.32 Å². The number of nitrogens with one attached hydrogen (secondary N) is 1. The quantitative estimate of drug-likeness (QED) is 0.597. The van der Waals surface area contributed by atoms with E-state index in [-0.39, 0.29) is 5.24 Å². The van der Waals surface area contributed by atoms with Gasteiger partial charge in [0.1, 0.15) is 0 Å². The van der Waals surface area contributed by atoms with Crippen LogP contribution in [0.15, 0.2) is 29.2 Å². The minimum absolute atomic E-state index is 0.297. The second kappa shape index (κ2) is 5.19. The minimum atomic E-state index is -0.297. The number of thioether (sulfide) groups is 1. The lowest BCUT2D eigenvalue weighted by Crippen LogP contribution is -2.15. The van der Waals surface area contributed by atoms with Crippen molar-refractivity contribution in [2.45, 2.75) is 11.4 Å². The highest BCUT2D eigenvalue weighted by molar-refractivity contribution is 7.98. The van der Waals surface area contributed by atoms with Crippen molar-refractivity contribution in [3.05, 3.63) is 29.8 Å². The molecule has 2 nitrogen and oxygen atoms in total. The third-order valence-corrected chi connectivity index (χ3v) is 2.50. The Kier molecular flexibility index (Phi) is 4.18. The number of carbonyl (C=O) groups excluding carboxylic acids is 1. The Morgan fingerprint density at radius 1 is 1.46 bits per heavy atom. The van der Waals surface area contributed by atoms with E-state index in [1.807, 2.05) is 30.5 Å². The summed E-state index contributed by atoms with van der Waals surface area (Å²) in [6.45, 7) is 0.539. The topological polar surface area (TPSA) is 29.1 Å². The molecule has 1 aromatic rings. The summed E-state index contributed by atoms with van der Waals surface area (Å²) in [4.78, 5) is 11.7. The lowest BCUT2D eigenvalue weighted by atomic mass is 10.2. The number of benzene rings is 1. The molecule has 0 unspecified atom stereocenters. The monoisotopic (exact) mass is 213 g/mol. The van der Waals surface area contributed by atoms with E-state index in [4.69, 9.17) is 0 Å². The van der Waals surface area contributed by atoms with Crippen LogP contribution in [0.2, 0.25) is 0 Å². The van der Waals surface area contributed by atoms with Crippen molar-refractivity contribution < 1.29 is 4.79 Å². The van der Waals surface area contributed by atoms with Crippen LogP contribution in [0.3, 0.4) is 0 Å². The van der Waals surface area contributed by atoms with Gasteiger partial charge in [0.25, 0.3) is 5.24 Å². The van der Waals surface area contributed by atoms with Crippen LogP contribution in [0.1, 0.15) is 5.56 Å². The molecule has 0 bridgehead atoms. The summed E-state index contributed by atoms with van der Waals surface area (Å²) in [6, 6.07) is 8.06.